The van der Waals surface area contributed by atoms with Gasteiger partial charge in [-0.3, -0.25) is 9.69 Å². The van der Waals surface area contributed by atoms with Crippen LogP contribution >= 0.6 is 0 Å². The minimum absolute atomic E-state index is 0.138. The second kappa shape index (κ2) is 9.98. The molecule has 160 valence electrons. The molecule has 2 aliphatic rings. The van der Waals surface area contributed by atoms with Crippen molar-refractivity contribution in [3.05, 3.63) is 59.2 Å². The number of fused-ring (bicyclic) bond motifs is 1. The summed E-state index contributed by atoms with van der Waals surface area (Å²) in [5, 5.41) is 3.24. The van der Waals surface area contributed by atoms with Crippen LogP contribution in [0.25, 0.3) is 0 Å². The maximum Gasteiger partial charge on any atom is 0.220 e. The number of piperidine rings is 1. The van der Waals surface area contributed by atoms with E-state index in [4.69, 9.17) is 9.47 Å². The van der Waals surface area contributed by atoms with Crippen LogP contribution in [0, 0.1) is 6.92 Å². The van der Waals surface area contributed by atoms with Gasteiger partial charge in [0.25, 0.3) is 0 Å². The summed E-state index contributed by atoms with van der Waals surface area (Å²) in [6, 6.07) is 14.9. The van der Waals surface area contributed by atoms with Gasteiger partial charge in [0.1, 0.15) is 0 Å². The Kier molecular flexibility index (Phi) is 6.90. The molecule has 2 aromatic rings. The van der Waals surface area contributed by atoms with Gasteiger partial charge in [0.2, 0.25) is 5.91 Å². The van der Waals surface area contributed by atoms with Gasteiger partial charge in [-0.15, -0.1) is 0 Å². The number of nitrogens with one attached hydrogen (secondary N) is 1. The van der Waals surface area contributed by atoms with E-state index in [0.29, 0.717) is 26.1 Å². The van der Waals surface area contributed by atoms with Crippen molar-refractivity contribution in [2.75, 3.05) is 26.3 Å². The molecule has 0 atom stereocenters. The van der Waals surface area contributed by atoms with Gasteiger partial charge in [-0.1, -0.05) is 30.3 Å². The summed E-state index contributed by atoms with van der Waals surface area (Å²) in [4.78, 5) is 15.0. The van der Waals surface area contributed by atoms with Crippen molar-refractivity contribution >= 4 is 5.91 Å². The molecule has 0 aromatic heterocycles. The van der Waals surface area contributed by atoms with E-state index in [0.717, 1.165) is 56.0 Å². The third-order valence-corrected chi connectivity index (χ3v) is 6.06. The van der Waals surface area contributed by atoms with Crippen molar-refractivity contribution in [2.24, 2.45) is 0 Å². The van der Waals surface area contributed by atoms with Crippen LogP contribution in [0.4, 0.5) is 0 Å². The fourth-order valence-electron chi connectivity index (χ4n) is 4.18. The van der Waals surface area contributed by atoms with E-state index in [1.165, 1.54) is 11.1 Å². The van der Waals surface area contributed by atoms with Gasteiger partial charge in [0.05, 0.1) is 13.2 Å². The number of rotatable bonds is 6. The Hall–Kier alpha value is -2.53. The fraction of sp³-hybridized carbons (Fsp3) is 0.480. The second-order valence-corrected chi connectivity index (χ2v) is 8.38. The number of ether oxygens (including phenoxy) is 2. The number of amides is 1. The van der Waals surface area contributed by atoms with Crippen LogP contribution in [-0.2, 0) is 17.8 Å². The predicted octanol–water partition coefficient (Wildman–Crippen LogP) is 3.87. The van der Waals surface area contributed by atoms with Crippen LogP contribution in [0.1, 0.15) is 42.4 Å². The Balaban J connectivity index is 1.20. The van der Waals surface area contributed by atoms with E-state index < -0.39 is 0 Å². The summed E-state index contributed by atoms with van der Waals surface area (Å²) >= 11 is 0. The molecule has 1 fully saturated rings. The average Bonchev–Trinajstić information content (AvgIpc) is 3.00. The van der Waals surface area contributed by atoms with Crippen molar-refractivity contribution < 1.29 is 14.3 Å². The standard InChI is InChI=1S/C25H32N2O3/c1-19-5-2-3-6-21(19)18-27-13-11-22(12-14-27)26-25(28)10-8-20-7-9-23-24(17-20)30-16-4-15-29-23/h2-3,5-7,9,17,22H,4,8,10-16,18H2,1H3,(H,26,28). The van der Waals surface area contributed by atoms with E-state index in [1.807, 2.05) is 18.2 Å². The number of likely N-dealkylation sites (tertiary alicyclic amines) is 1. The molecule has 5 nitrogen and oxygen atoms in total. The summed E-state index contributed by atoms with van der Waals surface area (Å²) in [5.41, 5.74) is 3.86. The van der Waals surface area contributed by atoms with Crippen LogP contribution in [0.15, 0.2) is 42.5 Å². The first-order chi connectivity index (χ1) is 14.7. The van der Waals surface area contributed by atoms with Gasteiger partial charge in [-0.05, 0) is 55.0 Å². The lowest BCUT2D eigenvalue weighted by atomic mass is 10.0. The maximum absolute atomic E-state index is 12.5. The molecule has 0 saturated carbocycles. The Morgan fingerprint density at radius 2 is 1.83 bits per heavy atom. The molecule has 0 spiro atoms. The molecule has 0 unspecified atom stereocenters. The van der Waals surface area contributed by atoms with E-state index in [2.05, 4.69) is 41.4 Å². The minimum atomic E-state index is 0.138. The largest absolute Gasteiger partial charge is 0.490 e. The van der Waals surface area contributed by atoms with Crippen molar-refractivity contribution in [2.45, 2.75) is 51.6 Å². The summed E-state index contributed by atoms with van der Waals surface area (Å²) < 4.78 is 11.4. The van der Waals surface area contributed by atoms with Crippen LogP contribution in [0.5, 0.6) is 11.5 Å². The lowest BCUT2D eigenvalue weighted by Crippen LogP contribution is -2.44. The first-order valence-electron chi connectivity index (χ1n) is 11.1. The molecule has 1 amide bonds. The molecule has 2 heterocycles. The third-order valence-electron chi connectivity index (χ3n) is 6.06. The smallest absolute Gasteiger partial charge is 0.220 e. The molecule has 2 aliphatic heterocycles. The fourth-order valence-corrected chi connectivity index (χ4v) is 4.18. The molecule has 2 aromatic carbocycles. The molecule has 0 aliphatic carbocycles. The predicted molar refractivity (Wildman–Crippen MR) is 118 cm³/mol. The molecule has 0 bridgehead atoms. The van der Waals surface area contributed by atoms with E-state index in [9.17, 15) is 4.79 Å². The minimum Gasteiger partial charge on any atom is -0.490 e. The molecule has 30 heavy (non-hydrogen) atoms. The highest BCUT2D eigenvalue weighted by molar-refractivity contribution is 5.76. The Labute approximate surface area is 179 Å². The SMILES string of the molecule is Cc1ccccc1CN1CCC(NC(=O)CCc2ccc3c(c2)OCCCO3)CC1. The molecule has 1 N–H and O–H groups in total. The average molecular weight is 409 g/mol. The molecular formula is C25H32N2O3. The zero-order valence-electron chi connectivity index (χ0n) is 17.9. The first kappa shape index (κ1) is 20.7. The number of hydrogen-bond donors (Lipinski definition) is 1. The van der Waals surface area contributed by atoms with Gasteiger partial charge in [0, 0.05) is 38.5 Å². The summed E-state index contributed by atoms with van der Waals surface area (Å²) in [6.45, 7) is 6.60. The van der Waals surface area contributed by atoms with Crippen molar-refractivity contribution in [1.82, 2.24) is 10.2 Å². The topological polar surface area (TPSA) is 50.8 Å². The lowest BCUT2D eigenvalue weighted by molar-refractivity contribution is -0.122. The van der Waals surface area contributed by atoms with E-state index in [1.54, 1.807) is 0 Å². The van der Waals surface area contributed by atoms with Crippen molar-refractivity contribution in [3.63, 3.8) is 0 Å². The Morgan fingerprint density at radius 3 is 2.63 bits per heavy atom. The number of hydrogen-bond acceptors (Lipinski definition) is 4. The number of carbonyl (C=O) groups is 1. The van der Waals surface area contributed by atoms with Crippen LogP contribution in [0.2, 0.25) is 0 Å². The molecular weight excluding hydrogens is 376 g/mol. The van der Waals surface area contributed by atoms with Gasteiger partial charge in [-0.2, -0.15) is 0 Å². The maximum atomic E-state index is 12.5. The number of benzene rings is 2. The van der Waals surface area contributed by atoms with Gasteiger partial charge >= 0.3 is 0 Å². The van der Waals surface area contributed by atoms with Gasteiger partial charge in [0.15, 0.2) is 11.5 Å². The summed E-state index contributed by atoms with van der Waals surface area (Å²) in [6.07, 6.45) is 4.15. The second-order valence-electron chi connectivity index (χ2n) is 8.38. The summed E-state index contributed by atoms with van der Waals surface area (Å²) in [7, 11) is 0. The van der Waals surface area contributed by atoms with Crippen molar-refractivity contribution in [3.8, 4) is 11.5 Å². The first-order valence-corrected chi connectivity index (χ1v) is 11.1. The third kappa shape index (κ3) is 5.54. The van der Waals surface area contributed by atoms with E-state index >= 15 is 0 Å². The zero-order chi connectivity index (χ0) is 20.8. The highest BCUT2D eigenvalue weighted by Gasteiger charge is 2.21. The van der Waals surface area contributed by atoms with Crippen molar-refractivity contribution in [1.29, 1.82) is 0 Å². The van der Waals surface area contributed by atoms with E-state index in [-0.39, 0.29) is 11.9 Å². The molecule has 0 radical (unpaired) electrons. The van der Waals surface area contributed by atoms with Crippen LogP contribution in [0.3, 0.4) is 0 Å². The van der Waals surface area contributed by atoms with Crippen LogP contribution in [-0.4, -0.2) is 43.2 Å². The number of nitrogens with zero attached hydrogens (tertiary/aromatic N) is 1. The van der Waals surface area contributed by atoms with Gasteiger partial charge in [-0.25, -0.2) is 0 Å². The lowest BCUT2D eigenvalue weighted by Gasteiger charge is -2.32. The number of carbonyl (C=O) groups excluding carboxylic acids is 1. The van der Waals surface area contributed by atoms with Gasteiger partial charge < -0.3 is 14.8 Å². The monoisotopic (exact) mass is 408 g/mol. The molecule has 4 rings (SSSR count). The molecule has 5 heteroatoms. The Bertz CT molecular complexity index is 859. The summed E-state index contributed by atoms with van der Waals surface area (Å²) in [5.74, 6) is 1.74. The number of aryl methyl sites for hydroxylation is 2. The highest BCUT2D eigenvalue weighted by Crippen LogP contribution is 2.30. The zero-order valence-corrected chi connectivity index (χ0v) is 17.9. The quantitative estimate of drug-likeness (QED) is 0.788. The molecule has 1 saturated heterocycles. The normalized spacial score (nSPS) is 17.4. The highest BCUT2D eigenvalue weighted by atomic mass is 16.5. The van der Waals surface area contributed by atoms with Crippen LogP contribution < -0.4 is 14.8 Å². The Morgan fingerprint density at radius 1 is 1.07 bits per heavy atom.